The minimum absolute atomic E-state index is 0. The molecule has 2 aliphatic rings. The van der Waals surface area contributed by atoms with Gasteiger partial charge in [-0.1, -0.05) is 43.2 Å². The molecule has 3 atom stereocenters. The number of allylic oxidation sites excluding steroid dienone is 4. The fraction of sp³-hybridized carbons (Fsp3) is 0.393. The lowest BCUT2D eigenvalue weighted by Gasteiger charge is -2.15. The van der Waals surface area contributed by atoms with E-state index in [1.54, 1.807) is 18.6 Å². The van der Waals surface area contributed by atoms with Crippen molar-refractivity contribution in [2.45, 2.75) is 46.7 Å². The lowest BCUT2D eigenvalue weighted by atomic mass is 9.95. The van der Waals surface area contributed by atoms with Crippen LogP contribution in [-0.2, 0) is 0 Å². The van der Waals surface area contributed by atoms with Gasteiger partial charge in [-0.25, -0.2) is 4.98 Å². The molecule has 0 bridgehead atoms. The van der Waals surface area contributed by atoms with E-state index in [0.717, 1.165) is 40.7 Å². The van der Waals surface area contributed by atoms with Crippen LogP contribution in [0.5, 0.6) is 0 Å². The third-order valence-corrected chi connectivity index (χ3v) is 6.76. The minimum atomic E-state index is -3.99. The third kappa shape index (κ3) is 6.09. The third-order valence-electron chi connectivity index (χ3n) is 6.76. The number of aliphatic hydroxyl groups excluding tert-OH is 1. The van der Waals surface area contributed by atoms with Gasteiger partial charge < -0.3 is 10.6 Å². The van der Waals surface area contributed by atoms with Crippen molar-refractivity contribution in [3.63, 3.8) is 0 Å². The predicted molar refractivity (Wildman–Crippen MR) is 141 cm³/mol. The van der Waals surface area contributed by atoms with Crippen molar-refractivity contribution < 1.29 is 25.2 Å². The van der Waals surface area contributed by atoms with E-state index in [4.69, 9.17) is 5.11 Å². The van der Waals surface area contributed by atoms with Crippen molar-refractivity contribution in [2.75, 3.05) is 7.11 Å². The van der Waals surface area contributed by atoms with Crippen LogP contribution in [0.25, 0.3) is 22.3 Å². The molecule has 0 radical (unpaired) electrons. The molecule has 0 spiro atoms. The second-order valence-corrected chi connectivity index (χ2v) is 9.09. The predicted octanol–water partition coefficient (Wildman–Crippen LogP) is 6.20. The number of nitrogens with zero attached hydrogens (tertiary/aromatic N) is 4. The largest absolute Gasteiger partial charge is 0.412 e. The summed E-state index contributed by atoms with van der Waals surface area (Å²) in [5.41, 5.74) is 6.55. The summed E-state index contributed by atoms with van der Waals surface area (Å²) in [4.78, 5) is 8.78. The molecule has 200 valence electrons. The number of rotatable bonds is 3. The molecule has 1 fully saturated rings. The van der Waals surface area contributed by atoms with Gasteiger partial charge in [0.05, 0.1) is 28.9 Å². The van der Waals surface area contributed by atoms with Crippen molar-refractivity contribution in [3.05, 3.63) is 71.3 Å². The Bertz CT molecular complexity index is 1330. The number of hydrogen-bond acceptors (Lipinski definition) is 4. The van der Waals surface area contributed by atoms with E-state index in [2.05, 4.69) is 64.8 Å². The molecule has 2 aliphatic carbocycles. The van der Waals surface area contributed by atoms with E-state index < -0.39 is 12.1 Å². The van der Waals surface area contributed by atoms with E-state index in [1.807, 2.05) is 0 Å². The summed E-state index contributed by atoms with van der Waals surface area (Å²) < 4.78 is 36.5. The maximum atomic E-state index is 11.4. The Morgan fingerprint density at radius 3 is 2.43 bits per heavy atom. The van der Waals surface area contributed by atoms with Crippen LogP contribution in [0.2, 0.25) is 0 Å². The molecule has 5 rings (SSSR count). The SMILES string of the molecule is CC1=CC=C(c2c(C#N)c3cc(C)ccc3n2-c2cnccn2)C2CC12.CC[C@@H](C)C(F)(F)F.CO.O.[HH]. The number of hydrogen-bond donors (Lipinski definition) is 1. The van der Waals surface area contributed by atoms with Gasteiger partial charge in [-0.05, 0) is 56.2 Å². The number of nitriles is 1. The molecule has 0 saturated heterocycles. The van der Waals surface area contributed by atoms with Gasteiger partial charge in [0, 0.05) is 26.3 Å². The van der Waals surface area contributed by atoms with Crippen LogP contribution < -0.4 is 0 Å². The summed E-state index contributed by atoms with van der Waals surface area (Å²) in [6.07, 6.45) is 6.88. The molecule has 6 nitrogen and oxygen atoms in total. The Labute approximate surface area is 216 Å². The first-order valence-electron chi connectivity index (χ1n) is 11.9. The number of aliphatic hydroxyl groups is 1. The molecule has 9 heteroatoms. The Morgan fingerprint density at radius 2 is 1.89 bits per heavy atom. The summed E-state index contributed by atoms with van der Waals surface area (Å²) >= 11 is 0. The van der Waals surface area contributed by atoms with Crippen LogP contribution >= 0.6 is 0 Å². The Kier molecular flexibility index (Phi) is 9.79. The van der Waals surface area contributed by atoms with Crippen LogP contribution in [0.4, 0.5) is 13.2 Å². The zero-order chi connectivity index (χ0) is 26.6. The second-order valence-electron chi connectivity index (χ2n) is 9.09. The highest BCUT2D eigenvalue weighted by atomic mass is 19.4. The molecule has 1 saturated carbocycles. The number of alkyl halides is 3. The molecular formula is C28H35F3N4O2. The summed E-state index contributed by atoms with van der Waals surface area (Å²) in [5, 5.41) is 18.0. The fourth-order valence-electron chi connectivity index (χ4n) is 4.43. The summed E-state index contributed by atoms with van der Waals surface area (Å²) in [7, 11) is 1.00. The van der Waals surface area contributed by atoms with Gasteiger partial charge in [-0.15, -0.1) is 0 Å². The molecule has 2 aromatic heterocycles. The van der Waals surface area contributed by atoms with E-state index in [0.29, 0.717) is 11.8 Å². The van der Waals surface area contributed by atoms with Gasteiger partial charge in [0.2, 0.25) is 0 Å². The molecule has 0 amide bonds. The first-order chi connectivity index (χ1) is 17.2. The van der Waals surface area contributed by atoms with Crippen LogP contribution in [0.3, 0.4) is 0 Å². The van der Waals surface area contributed by atoms with Gasteiger partial charge in [0.1, 0.15) is 6.07 Å². The molecule has 1 aromatic carbocycles. The summed E-state index contributed by atoms with van der Waals surface area (Å²) in [6.45, 7) is 6.96. The lowest BCUT2D eigenvalue weighted by molar-refractivity contribution is -0.170. The normalized spacial score (nSPS) is 18.4. The van der Waals surface area contributed by atoms with E-state index >= 15 is 0 Å². The Balaban J connectivity index is 0.000000525. The van der Waals surface area contributed by atoms with Crippen LogP contribution in [-0.4, -0.2) is 38.4 Å². The maximum Gasteiger partial charge on any atom is 0.391 e. The van der Waals surface area contributed by atoms with Crippen molar-refractivity contribution in [2.24, 2.45) is 17.8 Å². The first kappa shape index (κ1) is 29.7. The minimum Gasteiger partial charge on any atom is -0.412 e. The molecule has 3 aromatic rings. The molecule has 3 N–H and O–H groups in total. The summed E-state index contributed by atoms with van der Waals surface area (Å²) in [5.74, 6) is 0.731. The van der Waals surface area contributed by atoms with Crippen molar-refractivity contribution in [1.82, 2.24) is 14.5 Å². The van der Waals surface area contributed by atoms with Crippen LogP contribution in [0, 0.1) is 36.0 Å². The fourth-order valence-corrected chi connectivity index (χ4v) is 4.43. The van der Waals surface area contributed by atoms with Crippen LogP contribution in [0.15, 0.2) is 54.5 Å². The molecular weight excluding hydrogens is 481 g/mol. The van der Waals surface area contributed by atoms with Gasteiger partial charge >= 0.3 is 6.18 Å². The van der Waals surface area contributed by atoms with E-state index in [9.17, 15) is 18.4 Å². The Hall–Kier alpha value is -3.48. The monoisotopic (exact) mass is 516 g/mol. The van der Waals surface area contributed by atoms with E-state index in [1.165, 1.54) is 31.4 Å². The van der Waals surface area contributed by atoms with Gasteiger partial charge in [0.15, 0.2) is 5.82 Å². The number of benzene rings is 1. The zero-order valence-corrected chi connectivity index (χ0v) is 21.6. The molecule has 37 heavy (non-hydrogen) atoms. The zero-order valence-electron chi connectivity index (χ0n) is 21.6. The van der Waals surface area contributed by atoms with Gasteiger partial charge in [0.25, 0.3) is 0 Å². The van der Waals surface area contributed by atoms with Crippen LogP contribution in [0.1, 0.15) is 51.9 Å². The second kappa shape index (κ2) is 12.2. The molecule has 0 aliphatic heterocycles. The molecule has 2 heterocycles. The topological polar surface area (TPSA) is 106 Å². The van der Waals surface area contributed by atoms with Gasteiger partial charge in [-0.2, -0.15) is 18.4 Å². The maximum absolute atomic E-state index is 11.4. The highest BCUT2D eigenvalue weighted by molar-refractivity contribution is 5.95. The smallest absolute Gasteiger partial charge is 0.391 e. The number of aryl methyl sites for hydroxylation is 1. The van der Waals surface area contributed by atoms with Gasteiger partial charge in [-0.3, -0.25) is 9.55 Å². The number of halogens is 3. The van der Waals surface area contributed by atoms with E-state index in [-0.39, 0.29) is 13.3 Å². The highest BCUT2D eigenvalue weighted by Crippen LogP contribution is 2.55. The Morgan fingerprint density at radius 1 is 1.19 bits per heavy atom. The summed E-state index contributed by atoms with van der Waals surface area (Å²) in [6, 6.07) is 8.73. The lowest BCUT2D eigenvalue weighted by Crippen LogP contribution is -2.18. The average molecular weight is 517 g/mol. The quantitative estimate of drug-likeness (QED) is 0.447. The number of fused-ring (bicyclic) bond motifs is 2. The highest BCUT2D eigenvalue weighted by Gasteiger charge is 2.44. The van der Waals surface area contributed by atoms with Crippen molar-refractivity contribution >= 4 is 16.5 Å². The number of aromatic nitrogens is 3. The standard InChI is InChI=1S/C22H18N4.C5H9F3.CH4O.H2O.H2/c1-13-3-6-20-18(9-13)19(11-23)22(26(20)21-12-24-7-8-25-21)15-5-4-14(2)16-10-17(15)16;1-3-4(2)5(6,7)8;1-2;;/h3-9,12,16-17H,10H2,1-2H3;4H,3H2,1-2H3;2H,1H3;1H2;1H/t;4-;;;/m.1.../s1. The molecule has 2 unspecified atom stereocenters. The first-order valence-corrected chi connectivity index (χ1v) is 11.9. The average Bonchev–Trinajstić information content (AvgIpc) is 3.62. The van der Waals surface area contributed by atoms with Crippen molar-refractivity contribution in [3.8, 4) is 11.9 Å². The van der Waals surface area contributed by atoms with Crippen molar-refractivity contribution in [1.29, 1.82) is 5.26 Å².